The second-order valence-corrected chi connectivity index (χ2v) is 15.0. The molecule has 246 valence electrons. The molecule has 0 aliphatic heterocycles. The molecule has 1 nitrogen and oxygen atoms in total. The van der Waals surface area contributed by atoms with Crippen LogP contribution in [-0.4, -0.2) is 0 Å². The number of hydrogen-bond donors (Lipinski definition) is 0. The highest BCUT2D eigenvalue weighted by molar-refractivity contribution is 6.14. The van der Waals surface area contributed by atoms with Crippen LogP contribution in [0.3, 0.4) is 0 Å². The molecular weight excluding hydrogens is 615 g/mol. The van der Waals surface area contributed by atoms with Crippen molar-refractivity contribution in [2.75, 3.05) is 4.90 Å². The van der Waals surface area contributed by atoms with E-state index in [4.69, 9.17) is 0 Å². The molecule has 1 aliphatic rings. The first-order valence-electron chi connectivity index (χ1n) is 18.0. The van der Waals surface area contributed by atoms with Gasteiger partial charge in [0, 0.05) is 16.9 Å². The average molecular weight is 656 g/mol. The molecule has 0 unspecified atom stereocenters. The molecule has 0 saturated heterocycles. The fourth-order valence-electron chi connectivity index (χ4n) is 8.34. The minimum atomic E-state index is -0.0828. The Morgan fingerprint density at radius 2 is 0.902 bits per heavy atom. The van der Waals surface area contributed by atoms with Gasteiger partial charge in [0.15, 0.2) is 0 Å². The molecule has 0 spiro atoms. The van der Waals surface area contributed by atoms with Gasteiger partial charge >= 0.3 is 0 Å². The first-order chi connectivity index (χ1) is 24.8. The van der Waals surface area contributed by atoms with E-state index in [0.29, 0.717) is 0 Å². The highest BCUT2D eigenvalue weighted by atomic mass is 15.1. The molecule has 0 saturated carbocycles. The van der Waals surface area contributed by atoms with Crippen LogP contribution in [0, 0.1) is 0 Å². The Kier molecular flexibility index (Phi) is 7.22. The van der Waals surface area contributed by atoms with Gasteiger partial charge in [-0.15, -0.1) is 0 Å². The van der Waals surface area contributed by atoms with Gasteiger partial charge in [-0.2, -0.15) is 0 Å². The Labute approximate surface area is 301 Å². The predicted molar refractivity (Wildman–Crippen MR) is 218 cm³/mol. The van der Waals surface area contributed by atoms with Crippen LogP contribution in [0.1, 0.15) is 38.8 Å². The van der Waals surface area contributed by atoms with Crippen molar-refractivity contribution < 1.29 is 0 Å². The number of anilines is 3. The molecule has 0 N–H and O–H groups in total. The molecule has 51 heavy (non-hydrogen) atoms. The van der Waals surface area contributed by atoms with Crippen molar-refractivity contribution in [1.82, 2.24) is 0 Å². The molecule has 0 amide bonds. The number of rotatable bonds is 6. The van der Waals surface area contributed by atoms with Crippen LogP contribution in [0.5, 0.6) is 0 Å². The Balaban J connectivity index is 1.23. The Morgan fingerprint density at radius 3 is 1.69 bits per heavy atom. The molecule has 0 heterocycles. The fourth-order valence-corrected chi connectivity index (χ4v) is 8.34. The average Bonchev–Trinajstić information content (AvgIpc) is 3.18. The van der Waals surface area contributed by atoms with Crippen molar-refractivity contribution in [1.29, 1.82) is 0 Å². The number of hydrogen-bond acceptors (Lipinski definition) is 1. The Bertz CT molecular complexity index is 2580. The van der Waals surface area contributed by atoms with Crippen LogP contribution in [0.25, 0.3) is 54.9 Å². The van der Waals surface area contributed by atoms with Gasteiger partial charge in [0.05, 0.1) is 5.69 Å². The maximum Gasteiger partial charge on any atom is 0.0540 e. The monoisotopic (exact) mass is 655 g/mol. The van der Waals surface area contributed by atoms with Gasteiger partial charge < -0.3 is 4.90 Å². The standard InChI is InChI=1S/C50H41N/c1-49(2)44-26-15-18-35-28-29-39-31-40(33-45(50(49,3)4)48(39)47(35)44)43-25-11-12-27-46(43)51(41-22-9-6-10-23-41)42-24-14-21-38(32-42)37-20-13-19-36(30-37)34-16-7-5-8-17-34/h5-33H,1-4H3. The predicted octanol–water partition coefficient (Wildman–Crippen LogP) is 14.0. The fraction of sp³-hybridized carbons (Fsp3) is 0.120. The molecule has 0 bridgehead atoms. The summed E-state index contributed by atoms with van der Waals surface area (Å²) in [6.07, 6.45) is 0. The Morgan fingerprint density at radius 1 is 0.353 bits per heavy atom. The molecule has 0 aromatic heterocycles. The number of nitrogens with zero attached hydrogens (tertiary/aromatic N) is 1. The van der Waals surface area contributed by atoms with Crippen LogP contribution < -0.4 is 4.90 Å². The minimum Gasteiger partial charge on any atom is -0.310 e. The van der Waals surface area contributed by atoms with Gasteiger partial charge in [-0.1, -0.05) is 155 Å². The molecule has 1 heteroatoms. The lowest BCUT2D eigenvalue weighted by Gasteiger charge is -2.47. The molecule has 8 aromatic rings. The summed E-state index contributed by atoms with van der Waals surface area (Å²) in [5.41, 5.74) is 13.4. The molecular formula is C50H41N. The molecule has 8 aromatic carbocycles. The third-order valence-electron chi connectivity index (χ3n) is 11.7. The summed E-state index contributed by atoms with van der Waals surface area (Å²) >= 11 is 0. The van der Waals surface area contributed by atoms with Crippen molar-refractivity contribution in [3.05, 3.63) is 187 Å². The summed E-state index contributed by atoms with van der Waals surface area (Å²) in [6.45, 7) is 9.70. The van der Waals surface area contributed by atoms with E-state index in [1.165, 1.54) is 66.1 Å². The lowest BCUT2D eigenvalue weighted by atomic mass is 9.56. The van der Waals surface area contributed by atoms with Gasteiger partial charge in [0.2, 0.25) is 0 Å². The first kappa shape index (κ1) is 31.1. The van der Waals surface area contributed by atoms with E-state index in [2.05, 4.69) is 209 Å². The summed E-state index contributed by atoms with van der Waals surface area (Å²) < 4.78 is 0. The maximum atomic E-state index is 2.49. The van der Waals surface area contributed by atoms with Gasteiger partial charge in [0.25, 0.3) is 0 Å². The topological polar surface area (TPSA) is 3.24 Å². The highest BCUT2D eigenvalue weighted by Gasteiger charge is 2.45. The van der Waals surface area contributed by atoms with E-state index in [9.17, 15) is 0 Å². The molecule has 1 aliphatic carbocycles. The van der Waals surface area contributed by atoms with Crippen molar-refractivity contribution in [3.63, 3.8) is 0 Å². The normalized spacial score (nSPS) is 14.2. The van der Waals surface area contributed by atoms with Crippen LogP contribution in [0.2, 0.25) is 0 Å². The zero-order chi connectivity index (χ0) is 34.7. The Hall–Kier alpha value is -5.92. The first-order valence-corrected chi connectivity index (χ1v) is 18.0. The van der Waals surface area contributed by atoms with Crippen LogP contribution in [-0.2, 0) is 10.8 Å². The minimum absolute atomic E-state index is 0.0414. The summed E-state index contributed by atoms with van der Waals surface area (Å²) in [5.74, 6) is 0. The lowest BCUT2D eigenvalue weighted by molar-refractivity contribution is 0.304. The van der Waals surface area contributed by atoms with Gasteiger partial charge in [-0.05, 0) is 120 Å². The van der Waals surface area contributed by atoms with E-state index in [1.54, 1.807) is 0 Å². The van der Waals surface area contributed by atoms with E-state index >= 15 is 0 Å². The van der Waals surface area contributed by atoms with Crippen molar-refractivity contribution in [3.8, 4) is 33.4 Å². The highest BCUT2D eigenvalue weighted by Crippen LogP contribution is 2.55. The number of para-hydroxylation sites is 2. The summed E-state index contributed by atoms with van der Waals surface area (Å²) in [6, 6.07) is 64.5. The van der Waals surface area contributed by atoms with Gasteiger partial charge in [0.1, 0.15) is 0 Å². The van der Waals surface area contributed by atoms with Crippen molar-refractivity contribution >= 4 is 38.6 Å². The van der Waals surface area contributed by atoms with Crippen LogP contribution >= 0.6 is 0 Å². The molecule has 0 atom stereocenters. The maximum absolute atomic E-state index is 2.49. The van der Waals surface area contributed by atoms with Crippen LogP contribution in [0.15, 0.2) is 176 Å². The van der Waals surface area contributed by atoms with Crippen molar-refractivity contribution in [2.24, 2.45) is 0 Å². The second kappa shape index (κ2) is 11.9. The molecule has 9 rings (SSSR count). The van der Waals surface area contributed by atoms with Gasteiger partial charge in [-0.3, -0.25) is 0 Å². The smallest absolute Gasteiger partial charge is 0.0540 e. The van der Waals surface area contributed by atoms with E-state index in [1.807, 2.05) is 0 Å². The van der Waals surface area contributed by atoms with E-state index in [0.717, 1.165) is 17.1 Å². The van der Waals surface area contributed by atoms with Crippen LogP contribution in [0.4, 0.5) is 17.1 Å². The third kappa shape index (κ3) is 4.99. The van der Waals surface area contributed by atoms with Crippen molar-refractivity contribution in [2.45, 2.75) is 38.5 Å². The number of benzene rings is 8. The SMILES string of the molecule is CC1(C)c2cccc3ccc4cc(-c5ccccc5N(c5ccccc5)c5cccc(-c6cccc(-c7ccccc7)c6)c5)cc(c4c23)C1(C)C. The summed E-state index contributed by atoms with van der Waals surface area (Å²) in [4.78, 5) is 2.42. The van der Waals surface area contributed by atoms with Gasteiger partial charge in [-0.25, -0.2) is 0 Å². The largest absolute Gasteiger partial charge is 0.310 e. The lowest BCUT2D eigenvalue weighted by Crippen LogP contribution is -2.42. The summed E-state index contributed by atoms with van der Waals surface area (Å²) in [5, 5.41) is 5.43. The third-order valence-corrected chi connectivity index (χ3v) is 11.7. The van der Waals surface area contributed by atoms with E-state index < -0.39 is 0 Å². The zero-order valence-corrected chi connectivity index (χ0v) is 29.7. The quantitative estimate of drug-likeness (QED) is 0.161. The second-order valence-electron chi connectivity index (χ2n) is 15.0. The molecule has 0 fully saturated rings. The summed E-state index contributed by atoms with van der Waals surface area (Å²) in [7, 11) is 0. The van der Waals surface area contributed by atoms with E-state index in [-0.39, 0.29) is 10.8 Å². The molecule has 0 radical (unpaired) electrons. The zero-order valence-electron chi connectivity index (χ0n) is 29.7.